The highest BCUT2D eigenvalue weighted by Crippen LogP contribution is 2.38. The Morgan fingerprint density at radius 2 is 1.70 bits per heavy atom. The highest BCUT2D eigenvalue weighted by atomic mass is 16.5. The van der Waals surface area contributed by atoms with E-state index in [1.807, 2.05) is 4.90 Å². The number of rotatable bonds is 2. The van der Waals surface area contributed by atoms with Crippen LogP contribution in [-0.4, -0.2) is 74.4 Å². The van der Waals surface area contributed by atoms with Crippen LogP contribution in [0.5, 0.6) is 0 Å². The standard InChI is InChI=1S/C18H30N2O3/c21-18(19-6-8-22-9-7-19)17-13-23-12-14-10-20(11-16(14)17)15-4-2-1-3-5-15/h14-17H,1-13H2/t14-,16-,17-/m1/s1. The largest absolute Gasteiger partial charge is 0.380 e. The summed E-state index contributed by atoms with van der Waals surface area (Å²) in [4.78, 5) is 17.6. The van der Waals surface area contributed by atoms with Crippen LogP contribution in [0, 0.1) is 17.8 Å². The fraction of sp³-hybridized carbons (Fsp3) is 0.944. The third kappa shape index (κ3) is 3.28. The molecule has 4 fully saturated rings. The van der Waals surface area contributed by atoms with Crippen LogP contribution in [-0.2, 0) is 14.3 Å². The van der Waals surface area contributed by atoms with Crippen LogP contribution in [0.1, 0.15) is 32.1 Å². The molecule has 23 heavy (non-hydrogen) atoms. The second-order valence-electron chi connectivity index (χ2n) is 7.75. The first kappa shape index (κ1) is 15.9. The van der Waals surface area contributed by atoms with Crippen molar-refractivity contribution in [2.45, 2.75) is 38.1 Å². The molecule has 4 aliphatic rings. The van der Waals surface area contributed by atoms with Crippen molar-refractivity contribution in [3.05, 3.63) is 0 Å². The SMILES string of the molecule is O=C([C@@H]1COC[C@H]2CN(C3CCCCC3)C[C@H]21)N1CCOCC1. The minimum absolute atomic E-state index is 0.0699. The van der Waals surface area contributed by atoms with E-state index >= 15 is 0 Å². The molecule has 3 aliphatic heterocycles. The van der Waals surface area contributed by atoms with Crippen LogP contribution in [0.4, 0.5) is 0 Å². The smallest absolute Gasteiger partial charge is 0.228 e. The van der Waals surface area contributed by atoms with Crippen molar-refractivity contribution in [2.24, 2.45) is 17.8 Å². The van der Waals surface area contributed by atoms with Gasteiger partial charge in [-0.1, -0.05) is 19.3 Å². The third-order valence-corrected chi connectivity index (χ3v) is 6.40. The number of likely N-dealkylation sites (tertiary alicyclic amines) is 1. The van der Waals surface area contributed by atoms with Gasteiger partial charge in [0.05, 0.1) is 32.3 Å². The Labute approximate surface area is 139 Å². The number of carbonyl (C=O) groups is 1. The third-order valence-electron chi connectivity index (χ3n) is 6.40. The molecule has 1 aliphatic carbocycles. The van der Waals surface area contributed by atoms with Crippen LogP contribution < -0.4 is 0 Å². The number of hydrogen-bond acceptors (Lipinski definition) is 4. The van der Waals surface area contributed by atoms with Gasteiger partial charge in [0.2, 0.25) is 5.91 Å². The Kier molecular flexibility index (Phi) is 4.88. The first-order chi connectivity index (χ1) is 11.3. The second kappa shape index (κ2) is 7.08. The van der Waals surface area contributed by atoms with Crippen LogP contribution in [0.25, 0.3) is 0 Å². The van der Waals surface area contributed by atoms with Gasteiger partial charge in [-0.2, -0.15) is 0 Å². The summed E-state index contributed by atoms with van der Waals surface area (Å²) in [5, 5.41) is 0. The summed E-state index contributed by atoms with van der Waals surface area (Å²) in [5.74, 6) is 1.44. The Balaban J connectivity index is 1.41. The van der Waals surface area contributed by atoms with Gasteiger partial charge in [-0.25, -0.2) is 0 Å². The Bertz CT molecular complexity index is 418. The van der Waals surface area contributed by atoms with Gasteiger partial charge in [-0.3, -0.25) is 9.69 Å². The van der Waals surface area contributed by atoms with E-state index in [0.717, 1.165) is 38.8 Å². The van der Waals surface area contributed by atoms with E-state index in [1.165, 1.54) is 32.1 Å². The minimum atomic E-state index is 0.0699. The molecule has 0 aromatic heterocycles. The van der Waals surface area contributed by atoms with Crippen molar-refractivity contribution in [3.8, 4) is 0 Å². The van der Waals surface area contributed by atoms with E-state index in [2.05, 4.69) is 4.90 Å². The van der Waals surface area contributed by atoms with E-state index in [9.17, 15) is 4.79 Å². The number of carbonyl (C=O) groups excluding carboxylic acids is 1. The summed E-state index contributed by atoms with van der Waals surface area (Å²) in [6.07, 6.45) is 6.86. The maximum atomic E-state index is 13.0. The van der Waals surface area contributed by atoms with Crippen molar-refractivity contribution in [1.82, 2.24) is 9.80 Å². The maximum Gasteiger partial charge on any atom is 0.228 e. The van der Waals surface area contributed by atoms with Crippen molar-refractivity contribution in [1.29, 1.82) is 0 Å². The lowest BCUT2D eigenvalue weighted by Gasteiger charge is -2.37. The Morgan fingerprint density at radius 3 is 2.48 bits per heavy atom. The summed E-state index contributed by atoms with van der Waals surface area (Å²) in [6.45, 7) is 6.58. The molecule has 0 spiro atoms. The van der Waals surface area contributed by atoms with Crippen LogP contribution in [0.3, 0.4) is 0 Å². The second-order valence-corrected chi connectivity index (χ2v) is 7.75. The monoisotopic (exact) mass is 322 g/mol. The molecule has 0 aromatic carbocycles. The molecule has 0 radical (unpaired) electrons. The molecule has 0 N–H and O–H groups in total. The van der Waals surface area contributed by atoms with Crippen LogP contribution in [0.15, 0.2) is 0 Å². The minimum Gasteiger partial charge on any atom is -0.380 e. The number of amides is 1. The Morgan fingerprint density at radius 1 is 0.913 bits per heavy atom. The molecule has 1 amide bonds. The molecule has 4 rings (SSSR count). The summed E-state index contributed by atoms with van der Waals surface area (Å²) in [7, 11) is 0. The van der Waals surface area contributed by atoms with Gasteiger partial charge in [0.15, 0.2) is 0 Å². The van der Waals surface area contributed by atoms with Gasteiger partial charge in [0.25, 0.3) is 0 Å². The molecule has 0 bridgehead atoms. The van der Waals surface area contributed by atoms with Gasteiger partial charge in [-0.15, -0.1) is 0 Å². The normalized spacial score (nSPS) is 36.9. The zero-order valence-corrected chi connectivity index (χ0v) is 14.1. The molecule has 1 saturated carbocycles. The van der Waals surface area contributed by atoms with E-state index < -0.39 is 0 Å². The molecule has 130 valence electrons. The lowest BCUT2D eigenvalue weighted by Crippen LogP contribution is -2.49. The average molecular weight is 322 g/mol. The predicted molar refractivity (Wildman–Crippen MR) is 87.1 cm³/mol. The van der Waals surface area contributed by atoms with E-state index in [4.69, 9.17) is 9.47 Å². The zero-order chi connectivity index (χ0) is 15.6. The number of morpholine rings is 1. The molecule has 0 unspecified atom stereocenters. The summed E-state index contributed by atoms with van der Waals surface area (Å²) in [5.41, 5.74) is 0. The Hall–Kier alpha value is -0.650. The average Bonchev–Trinajstić information content (AvgIpc) is 3.07. The van der Waals surface area contributed by atoms with Gasteiger partial charge in [0, 0.05) is 32.2 Å². The van der Waals surface area contributed by atoms with Crippen LogP contribution >= 0.6 is 0 Å². The predicted octanol–water partition coefficient (Wildman–Crippen LogP) is 1.37. The fourth-order valence-electron chi connectivity index (χ4n) is 5.05. The summed E-state index contributed by atoms with van der Waals surface area (Å²) in [6, 6.07) is 0.758. The van der Waals surface area contributed by atoms with Crippen molar-refractivity contribution >= 4 is 5.91 Å². The molecule has 3 heterocycles. The maximum absolute atomic E-state index is 13.0. The molecule has 3 atom stereocenters. The number of hydrogen-bond donors (Lipinski definition) is 0. The molecule has 5 heteroatoms. The quantitative estimate of drug-likeness (QED) is 0.770. The molecule has 3 saturated heterocycles. The highest BCUT2D eigenvalue weighted by Gasteiger charge is 2.46. The lowest BCUT2D eigenvalue weighted by molar-refractivity contribution is -0.148. The number of fused-ring (bicyclic) bond motifs is 1. The first-order valence-electron chi connectivity index (χ1n) is 9.51. The van der Waals surface area contributed by atoms with Gasteiger partial charge >= 0.3 is 0 Å². The van der Waals surface area contributed by atoms with E-state index in [1.54, 1.807) is 0 Å². The highest BCUT2D eigenvalue weighted by molar-refractivity contribution is 5.79. The van der Waals surface area contributed by atoms with Crippen molar-refractivity contribution in [2.75, 3.05) is 52.6 Å². The lowest BCUT2D eigenvalue weighted by atomic mass is 9.82. The van der Waals surface area contributed by atoms with Crippen molar-refractivity contribution in [3.63, 3.8) is 0 Å². The fourth-order valence-corrected chi connectivity index (χ4v) is 5.05. The molecule has 5 nitrogen and oxygen atoms in total. The first-order valence-corrected chi connectivity index (χ1v) is 9.51. The molecular weight excluding hydrogens is 292 g/mol. The van der Waals surface area contributed by atoms with E-state index in [-0.39, 0.29) is 5.92 Å². The number of nitrogens with zero attached hydrogens (tertiary/aromatic N) is 2. The number of ether oxygens (including phenoxy) is 2. The van der Waals surface area contributed by atoms with Gasteiger partial charge in [-0.05, 0) is 24.7 Å². The van der Waals surface area contributed by atoms with E-state index in [0.29, 0.717) is 37.6 Å². The summed E-state index contributed by atoms with van der Waals surface area (Å²) < 4.78 is 11.2. The van der Waals surface area contributed by atoms with Crippen LogP contribution in [0.2, 0.25) is 0 Å². The van der Waals surface area contributed by atoms with Gasteiger partial charge < -0.3 is 14.4 Å². The zero-order valence-electron chi connectivity index (χ0n) is 14.1. The van der Waals surface area contributed by atoms with Crippen molar-refractivity contribution < 1.29 is 14.3 Å². The molecule has 0 aromatic rings. The summed E-state index contributed by atoms with van der Waals surface area (Å²) >= 11 is 0. The topological polar surface area (TPSA) is 42.0 Å². The van der Waals surface area contributed by atoms with Gasteiger partial charge in [0.1, 0.15) is 0 Å². The molecular formula is C18H30N2O3.